The lowest BCUT2D eigenvalue weighted by Gasteiger charge is -2.37. The zero-order valence-electron chi connectivity index (χ0n) is 21.8. The smallest absolute Gasteiger partial charge is 0.256 e. The predicted molar refractivity (Wildman–Crippen MR) is 139 cm³/mol. The molecule has 1 aliphatic heterocycles. The Morgan fingerprint density at radius 2 is 1.95 bits per heavy atom. The molecule has 0 spiro atoms. The van der Waals surface area contributed by atoms with Crippen LogP contribution in [0.25, 0.3) is 0 Å². The van der Waals surface area contributed by atoms with Gasteiger partial charge in [0.05, 0.1) is 25.3 Å². The summed E-state index contributed by atoms with van der Waals surface area (Å²) in [5.41, 5.74) is 0.528. The number of aliphatic hydroxyl groups is 1. The molecule has 1 aliphatic rings. The van der Waals surface area contributed by atoms with Crippen LogP contribution in [0.3, 0.4) is 0 Å². The average Bonchev–Trinajstić information content (AvgIpc) is 2.85. The number of fused-ring (bicyclic) bond motifs is 1. The predicted octanol–water partition coefficient (Wildman–Crippen LogP) is 2.28. The van der Waals surface area contributed by atoms with Crippen LogP contribution in [0.5, 0.6) is 5.75 Å². The van der Waals surface area contributed by atoms with E-state index in [4.69, 9.17) is 4.74 Å². The van der Waals surface area contributed by atoms with Crippen molar-refractivity contribution in [3.05, 3.63) is 59.4 Å². The third-order valence-electron chi connectivity index (χ3n) is 6.20. The Morgan fingerprint density at radius 1 is 1.24 bits per heavy atom. The zero-order chi connectivity index (χ0) is 27.3. The topological polar surface area (TPSA) is 90.4 Å². The van der Waals surface area contributed by atoms with Gasteiger partial charge >= 0.3 is 0 Å². The SMILES string of the molecule is C[C@H](CO)N1C[C@H](C)[C@@H](CN(C)C(=O)c2ccccc2F)Oc2cc(C#CCN(C)C)ccc2S1(=O)=O. The van der Waals surface area contributed by atoms with Crippen LogP contribution in [0.1, 0.15) is 29.8 Å². The summed E-state index contributed by atoms with van der Waals surface area (Å²) in [7, 11) is 1.35. The monoisotopic (exact) mass is 531 g/mol. The second kappa shape index (κ2) is 12.0. The maximum atomic E-state index is 14.2. The van der Waals surface area contributed by atoms with Gasteiger partial charge in [0.15, 0.2) is 0 Å². The molecule has 1 heterocycles. The summed E-state index contributed by atoms with van der Waals surface area (Å²) < 4.78 is 48.9. The molecule has 3 rings (SSSR count). The van der Waals surface area contributed by atoms with Crippen LogP contribution in [0.4, 0.5) is 4.39 Å². The van der Waals surface area contributed by atoms with Gasteiger partial charge in [-0.05, 0) is 51.4 Å². The van der Waals surface area contributed by atoms with E-state index in [2.05, 4.69) is 11.8 Å². The van der Waals surface area contributed by atoms with Gasteiger partial charge < -0.3 is 14.7 Å². The Labute approximate surface area is 218 Å². The van der Waals surface area contributed by atoms with Gasteiger partial charge in [-0.1, -0.05) is 30.9 Å². The van der Waals surface area contributed by atoms with Crippen LogP contribution in [0.15, 0.2) is 47.4 Å². The van der Waals surface area contributed by atoms with Gasteiger partial charge in [-0.25, -0.2) is 12.8 Å². The standard InChI is InChI=1S/C27H34FN3O5S/c1-19-16-31(20(2)18-32)37(34,35)26-13-12-21(9-8-14-29(3)4)15-24(26)36-25(19)17-30(5)27(33)22-10-6-7-11-23(22)28/h6-7,10-13,15,19-20,25,32H,14,16-18H2,1-5H3/t19-,20+,25+/m0/s1. The van der Waals surface area contributed by atoms with Crippen molar-refractivity contribution in [2.45, 2.75) is 30.9 Å². The maximum absolute atomic E-state index is 14.2. The molecule has 37 heavy (non-hydrogen) atoms. The van der Waals surface area contributed by atoms with Gasteiger partial charge in [-0.3, -0.25) is 9.69 Å². The normalized spacial score (nSPS) is 20.0. The molecule has 200 valence electrons. The second-order valence-corrected chi connectivity index (χ2v) is 11.5. The number of sulfonamides is 1. The van der Waals surface area contributed by atoms with E-state index in [1.165, 1.54) is 33.5 Å². The van der Waals surface area contributed by atoms with Crippen molar-refractivity contribution in [2.75, 3.05) is 47.4 Å². The van der Waals surface area contributed by atoms with E-state index in [1.54, 1.807) is 32.2 Å². The van der Waals surface area contributed by atoms with Crippen molar-refractivity contribution in [3.63, 3.8) is 0 Å². The van der Waals surface area contributed by atoms with Crippen molar-refractivity contribution < 1.29 is 27.4 Å². The zero-order valence-corrected chi connectivity index (χ0v) is 22.6. The molecule has 0 radical (unpaired) electrons. The molecule has 1 N–H and O–H groups in total. The molecule has 8 nitrogen and oxygen atoms in total. The lowest BCUT2D eigenvalue weighted by Crippen LogP contribution is -2.50. The van der Waals surface area contributed by atoms with E-state index >= 15 is 0 Å². The van der Waals surface area contributed by atoms with Crippen LogP contribution in [0, 0.1) is 23.6 Å². The van der Waals surface area contributed by atoms with Gasteiger partial charge in [-0.15, -0.1) is 0 Å². The number of rotatable bonds is 6. The van der Waals surface area contributed by atoms with Gasteiger partial charge in [-0.2, -0.15) is 4.31 Å². The quantitative estimate of drug-likeness (QED) is 0.576. The molecule has 2 aromatic rings. The highest BCUT2D eigenvalue weighted by Gasteiger charge is 2.38. The number of ether oxygens (including phenoxy) is 1. The molecule has 0 unspecified atom stereocenters. The van der Waals surface area contributed by atoms with E-state index in [0.717, 1.165) is 0 Å². The fourth-order valence-electron chi connectivity index (χ4n) is 4.01. The summed E-state index contributed by atoms with van der Waals surface area (Å²) in [5, 5.41) is 9.79. The number of amides is 1. The number of carbonyl (C=O) groups is 1. The van der Waals surface area contributed by atoms with Crippen molar-refractivity contribution in [1.29, 1.82) is 0 Å². The largest absolute Gasteiger partial charge is 0.487 e. The van der Waals surface area contributed by atoms with Crippen LogP contribution >= 0.6 is 0 Å². The molecule has 10 heteroatoms. The second-order valence-electron chi connectivity index (χ2n) is 9.61. The van der Waals surface area contributed by atoms with E-state index in [-0.39, 0.29) is 41.8 Å². The van der Waals surface area contributed by atoms with Crippen LogP contribution in [-0.4, -0.2) is 93.1 Å². The van der Waals surface area contributed by atoms with Crippen LogP contribution < -0.4 is 4.74 Å². The Hall–Kier alpha value is -2.97. The number of hydrogen-bond donors (Lipinski definition) is 1. The molecule has 0 aliphatic carbocycles. The highest BCUT2D eigenvalue weighted by Crippen LogP contribution is 2.34. The van der Waals surface area contributed by atoms with Crippen molar-refractivity contribution in [2.24, 2.45) is 5.92 Å². The fraction of sp³-hybridized carbons (Fsp3) is 0.444. The number of benzene rings is 2. The van der Waals surface area contributed by atoms with E-state index in [9.17, 15) is 22.7 Å². The van der Waals surface area contributed by atoms with Gasteiger partial charge in [0.2, 0.25) is 10.0 Å². The number of likely N-dealkylation sites (N-methyl/N-ethyl adjacent to an activating group) is 1. The van der Waals surface area contributed by atoms with Crippen molar-refractivity contribution in [1.82, 2.24) is 14.1 Å². The summed E-state index contributed by atoms with van der Waals surface area (Å²) >= 11 is 0. The summed E-state index contributed by atoms with van der Waals surface area (Å²) in [5.74, 6) is 4.67. The minimum Gasteiger partial charge on any atom is -0.487 e. The minimum atomic E-state index is -3.99. The number of nitrogens with zero attached hydrogens (tertiary/aromatic N) is 3. The lowest BCUT2D eigenvalue weighted by atomic mass is 10.0. The van der Waals surface area contributed by atoms with Crippen LogP contribution in [-0.2, 0) is 10.0 Å². The summed E-state index contributed by atoms with van der Waals surface area (Å²) in [4.78, 5) is 16.2. The number of halogens is 1. The van der Waals surface area contributed by atoms with Crippen molar-refractivity contribution in [3.8, 4) is 17.6 Å². The number of aliphatic hydroxyl groups excluding tert-OH is 1. The average molecular weight is 532 g/mol. The first-order chi connectivity index (χ1) is 17.4. The Morgan fingerprint density at radius 3 is 2.59 bits per heavy atom. The summed E-state index contributed by atoms with van der Waals surface area (Å²) in [6.07, 6.45) is -0.617. The maximum Gasteiger partial charge on any atom is 0.256 e. The van der Waals surface area contributed by atoms with E-state index in [1.807, 2.05) is 25.9 Å². The van der Waals surface area contributed by atoms with Gasteiger partial charge in [0, 0.05) is 31.1 Å². The molecule has 0 fully saturated rings. The molecule has 1 amide bonds. The summed E-state index contributed by atoms with van der Waals surface area (Å²) in [6, 6.07) is 9.75. The fourth-order valence-corrected chi connectivity index (χ4v) is 5.84. The molecule has 3 atom stereocenters. The Bertz CT molecular complexity index is 1290. The third kappa shape index (κ3) is 6.67. The van der Waals surface area contributed by atoms with E-state index < -0.39 is 33.9 Å². The van der Waals surface area contributed by atoms with Crippen molar-refractivity contribution >= 4 is 15.9 Å². The first kappa shape index (κ1) is 28.6. The molecule has 2 aromatic carbocycles. The number of hydrogen-bond acceptors (Lipinski definition) is 6. The molecule has 0 aromatic heterocycles. The first-order valence-electron chi connectivity index (χ1n) is 12.0. The van der Waals surface area contributed by atoms with Gasteiger partial charge in [0.25, 0.3) is 5.91 Å². The third-order valence-corrected chi connectivity index (χ3v) is 8.22. The van der Waals surface area contributed by atoms with Gasteiger partial charge in [0.1, 0.15) is 22.6 Å². The minimum absolute atomic E-state index is 0.0362. The molecule has 0 saturated heterocycles. The van der Waals surface area contributed by atoms with Crippen LogP contribution in [0.2, 0.25) is 0 Å². The number of carbonyl (C=O) groups excluding carboxylic acids is 1. The summed E-state index contributed by atoms with van der Waals surface area (Å²) in [6.45, 7) is 3.79. The lowest BCUT2D eigenvalue weighted by molar-refractivity contribution is 0.0560. The highest BCUT2D eigenvalue weighted by molar-refractivity contribution is 7.89. The highest BCUT2D eigenvalue weighted by atomic mass is 32.2. The Kier molecular flexibility index (Phi) is 9.31. The Balaban J connectivity index is 2.01. The van der Waals surface area contributed by atoms with E-state index in [0.29, 0.717) is 12.1 Å². The molecule has 0 bridgehead atoms. The molecular weight excluding hydrogens is 497 g/mol. The molecular formula is C27H34FN3O5S. The molecule has 0 saturated carbocycles. The first-order valence-corrected chi connectivity index (χ1v) is 13.5.